The smallest absolute Gasteiger partial charge is 0.304 e. The molecule has 0 saturated carbocycles. The molecule has 3 aromatic rings. The van der Waals surface area contributed by atoms with E-state index >= 15 is 0 Å². The summed E-state index contributed by atoms with van der Waals surface area (Å²) < 4.78 is 10.8. The van der Waals surface area contributed by atoms with E-state index in [1.807, 2.05) is 19.9 Å². The molecule has 0 bridgehead atoms. The van der Waals surface area contributed by atoms with Gasteiger partial charge in [0.15, 0.2) is 23.0 Å². The van der Waals surface area contributed by atoms with Crippen molar-refractivity contribution >= 4 is 17.6 Å². The minimum atomic E-state index is -0.816. The molecule has 10 heteroatoms. The number of carboxylic acids is 1. The lowest BCUT2D eigenvalue weighted by atomic mass is 10.1. The number of benzene rings is 2. The molecule has 2 aromatic carbocycles. The highest BCUT2D eigenvalue weighted by Crippen LogP contribution is 2.33. The molecule has 1 aliphatic heterocycles. The SMILES string of the molecule is CC(C)Oc1ccc(NC(=O)c2cc(-c3ccc(CN4CCCC4CC(=O)O)cc3O)on2)cc1O. The number of likely N-dealkylation sites (tertiary alicyclic amines) is 1. The highest BCUT2D eigenvalue weighted by atomic mass is 16.5. The Labute approximate surface area is 208 Å². The number of carboxylic acid groups (broad SMARTS) is 1. The normalized spacial score (nSPS) is 15.8. The number of aliphatic carboxylic acids is 1. The number of hydrogen-bond donors (Lipinski definition) is 4. The monoisotopic (exact) mass is 495 g/mol. The van der Waals surface area contributed by atoms with Gasteiger partial charge in [-0.15, -0.1) is 0 Å². The topological polar surface area (TPSA) is 145 Å². The van der Waals surface area contributed by atoms with Crippen LogP contribution in [0, 0.1) is 0 Å². The summed E-state index contributed by atoms with van der Waals surface area (Å²) in [5.74, 6) is -0.961. The van der Waals surface area contributed by atoms with E-state index < -0.39 is 11.9 Å². The quantitative estimate of drug-likeness (QED) is 0.342. The van der Waals surface area contributed by atoms with Gasteiger partial charge in [0.25, 0.3) is 5.91 Å². The van der Waals surface area contributed by atoms with Crippen LogP contribution in [-0.4, -0.2) is 55.9 Å². The van der Waals surface area contributed by atoms with Crippen LogP contribution in [0.2, 0.25) is 0 Å². The molecule has 1 atom stereocenters. The van der Waals surface area contributed by atoms with Crippen LogP contribution in [0.25, 0.3) is 11.3 Å². The summed E-state index contributed by atoms with van der Waals surface area (Å²) in [6.45, 7) is 5.03. The molecule has 10 nitrogen and oxygen atoms in total. The molecular formula is C26H29N3O7. The predicted octanol–water partition coefficient (Wildman–Crippen LogP) is 4.23. The van der Waals surface area contributed by atoms with Gasteiger partial charge in [0.1, 0.15) is 5.75 Å². The van der Waals surface area contributed by atoms with E-state index in [0.29, 0.717) is 23.5 Å². The van der Waals surface area contributed by atoms with Gasteiger partial charge in [0.2, 0.25) is 0 Å². The van der Waals surface area contributed by atoms with Crippen molar-refractivity contribution in [2.75, 3.05) is 11.9 Å². The van der Waals surface area contributed by atoms with Crippen LogP contribution in [0.3, 0.4) is 0 Å². The van der Waals surface area contributed by atoms with Crippen molar-refractivity contribution in [1.82, 2.24) is 10.1 Å². The molecule has 190 valence electrons. The molecule has 0 spiro atoms. The summed E-state index contributed by atoms with van der Waals surface area (Å²) in [7, 11) is 0. The number of hydrogen-bond acceptors (Lipinski definition) is 8. The number of nitrogens with zero attached hydrogens (tertiary/aromatic N) is 2. The number of carbonyl (C=O) groups is 2. The van der Waals surface area contributed by atoms with Gasteiger partial charge >= 0.3 is 5.97 Å². The van der Waals surface area contributed by atoms with Crippen molar-refractivity contribution < 1.29 is 34.2 Å². The van der Waals surface area contributed by atoms with Gasteiger partial charge in [-0.05, 0) is 63.1 Å². The Bertz CT molecular complexity index is 1250. The van der Waals surface area contributed by atoms with Gasteiger partial charge in [-0.1, -0.05) is 11.2 Å². The molecule has 36 heavy (non-hydrogen) atoms. The van der Waals surface area contributed by atoms with Gasteiger partial charge in [0, 0.05) is 30.4 Å². The summed E-state index contributed by atoms with van der Waals surface area (Å²) >= 11 is 0. The lowest BCUT2D eigenvalue weighted by Crippen LogP contribution is -2.30. The van der Waals surface area contributed by atoms with E-state index in [2.05, 4.69) is 15.4 Å². The first kappa shape index (κ1) is 25.1. The maximum atomic E-state index is 12.6. The summed E-state index contributed by atoms with van der Waals surface area (Å²) in [4.78, 5) is 25.8. The van der Waals surface area contributed by atoms with Gasteiger partial charge in [-0.3, -0.25) is 14.5 Å². The predicted molar refractivity (Wildman–Crippen MR) is 131 cm³/mol. The standard InChI is InChI=1S/C26H29N3O7/c1-15(2)35-23-8-6-17(11-22(23)31)27-26(34)20-13-24(36-28-20)19-7-5-16(10-21(19)30)14-29-9-3-4-18(29)12-25(32)33/h5-8,10-11,13,15,18,30-31H,3-4,9,12,14H2,1-2H3,(H,27,34)(H,32,33). The summed E-state index contributed by atoms with van der Waals surface area (Å²) in [5.41, 5.74) is 1.58. The molecule has 1 fully saturated rings. The first-order valence-corrected chi connectivity index (χ1v) is 11.8. The highest BCUT2D eigenvalue weighted by Gasteiger charge is 2.27. The van der Waals surface area contributed by atoms with Crippen LogP contribution in [0.15, 0.2) is 47.0 Å². The maximum Gasteiger partial charge on any atom is 0.304 e. The number of rotatable bonds is 9. The van der Waals surface area contributed by atoms with Crippen LogP contribution in [0.4, 0.5) is 5.69 Å². The Morgan fingerprint density at radius 3 is 2.67 bits per heavy atom. The second-order valence-corrected chi connectivity index (χ2v) is 9.10. The zero-order valence-corrected chi connectivity index (χ0v) is 20.1. The number of nitrogens with one attached hydrogen (secondary N) is 1. The van der Waals surface area contributed by atoms with Crippen LogP contribution >= 0.6 is 0 Å². The number of ether oxygens (including phenoxy) is 1. The van der Waals surface area contributed by atoms with E-state index in [-0.39, 0.29) is 41.5 Å². The van der Waals surface area contributed by atoms with Crippen LogP contribution < -0.4 is 10.1 Å². The average Bonchev–Trinajstić information content (AvgIpc) is 3.45. The first-order chi connectivity index (χ1) is 17.2. The Morgan fingerprint density at radius 2 is 1.97 bits per heavy atom. The van der Waals surface area contributed by atoms with Gasteiger partial charge in [0.05, 0.1) is 18.1 Å². The van der Waals surface area contributed by atoms with Crippen molar-refractivity contribution in [2.45, 2.75) is 51.8 Å². The second-order valence-electron chi connectivity index (χ2n) is 9.10. The Kier molecular flexibility index (Phi) is 7.44. The molecule has 1 saturated heterocycles. The number of phenolic OH excluding ortho intramolecular Hbond substituents is 2. The third kappa shape index (κ3) is 5.95. The second kappa shape index (κ2) is 10.7. The number of carbonyl (C=O) groups excluding carboxylic acids is 1. The number of amides is 1. The third-order valence-electron chi connectivity index (χ3n) is 5.94. The van der Waals surface area contributed by atoms with E-state index in [9.17, 15) is 19.8 Å². The fourth-order valence-corrected chi connectivity index (χ4v) is 4.31. The van der Waals surface area contributed by atoms with Gasteiger partial charge in [-0.2, -0.15) is 0 Å². The molecular weight excluding hydrogens is 466 g/mol. The average molecular weight is 496 g/mol. The van der Waals surface area contributed by atoms with Crippen LogP contribution in [0.1, 0.15) is 49.2 Å². The minimum absolute atomic E-state index is 0.00375. The van der Waals surface area contributed by atoms with Crippen molar-refractivity contribution in [1.29, 1.82) is 0 Å². The molecule has 1 aromatic heterocycles. The third-order valence-corrected chi connectivity index (χ3v) is 5.94. The fourth-order valence-electron chi connectivity index (χ4n) is 4.31. The Morgan fingerprint density at radius 1 is 1.17 bits per heavy atom. The van der Waals surface area contributed by atoms with Crippen molar-refractivity contribution in [3.8, 4) is 28.6 Å². The van der Waals surface area contributed by atoms with Crippen LogP contribution in [-0.2, 0) is 11.3 Å². The molecule has 4 N–H and O–H groups in total. The molecule has 2 heterocycles. The maximum absolute atomic E-state index is 12.6. The fraction of sp³-hybridized carbons (Fsp3) is 0.346. The number of phenols is 2. The molecule has 1 unspecified atom stereocenters. The minimum Gasteiger partial charge on any atom is -0.507 e. The summed E-state index contributed by atoms with van der Waals surface area (Å²) in [5, 5.41) is 36.3. The number of anilines is 1. The first-order valence-electron chi connectivity index (χ1n) is 11.8. The molecule has 0 aliphatic carbocycles. The Hall–Kier alpha value is -4.05. The van der Waals surface area contributed by atoms with Crippen molar-refractivity contribution in [3.63, 3.8) is 0 Å². The highest BCUT2D eigenvalue weighted by molar-refractivity contribution is 6.03. The van der Waals surface area contributed by atoms with Gasteiger partial charge in [-0.25, -0.2) is 0 Å². The molecule has 4 rings (SSSR count). The largest absolute Gasteiger partial charge is 0.507 e. The van der Waals surface area contributed by atoms with E-state index in [1.165, 1.54) is 12.1 Å². The van der Waals surface area contributed by atoms with E-state index in [0.717, 1.165) is 24.9 Å². The summed E-state index contributed by atoms with van der Waals surface area (Å²) in [6, 6.07) is 11.1. The van der Waals surface area contributed by atoms with Gasteiger partial charge < -0.3 is 29.9 Å². The molecule has 1 amide bonds. The van der Waals surface area contributed by atoms with Crippen LogP contribution in [0.5, 0.6) is 17.2 Å². The van der Waals surface area contributed by atoms with E-state index in [4.69, 9.17) is 14.4 Å². The van der Waals surface area contributed by atoms with E-state index in [1.54, 1.807) is 24.3 Å². The van der Waals surface area contributed by atoms with Crippen molar-refractivity contribution in [2.24, 2.45) is 0 Å². The number of aromatic hydroxyl groups is 2. The molecule has 1 aliphatic rings. The molecule has 0 radical (unpaired) electrons. The zero-order valence-electron chi connectivity index (χ0n) is 20.1. The number of aromatic nitrogens is 1. The lowest BCUT2D eigenvalue weighted by Gasteiger charge is -2.23. The summed E-state index contributed by atoms with van der Waals surface area (Å²) in [6.07, 6.45) is 1.78. The van der Waals surface area contributed by atoms with Crippen molar-refractivity contribution in [3.05, 3.63) is 53.7 Å². The lowest BCUT2D eigenvalue weighted by molar-refractivity contribution is -0.138. The Balaban J connectivity index is 1.42. The zero-order chi connectivity index (χ0) is 25.8.